The molecule has 1 heterocycles. The Morgan fingerprint density at radius 3 is 3.00 bits per heavy atom. The predicted octanol–water partition coefficient (Wildman–Crippen LogP) is 2.71. The van der Waals surface area contributed by atoms with Crippen molar-refractivity contribution in [2.24, 2.45) is 0 Å². The normalized spacial score (nSPS) is 12.3. The molecule has 0 fully saturated rings. The monoisotopic (exact) mass is 264 g/mol. The number of aromatic hydroxyl groups is 1. The summed E-state index contributed by atoms with van der Waals surface area (Å²) in [5.41, 5.74) is 2.64. The molecule has 0 bridgehead atoms. The van der Waals surface area contributed by atoms with Gasteiger partial charge in [0.2, 0.25) is 0 Å². The minimum atomic E-state index is 0.0437. The van der Waals surface area contributed by atoms with Gasteiger partial charge in [0.25, 0.3) is 0 Å². The minimum absolute atomic E-state index is 0.0437. The van der Waals surface area contributed by atoms with Gasteiger partial charge in [-0.1, -0.05) is 0 Å². The van der Waals surface area contributed by atoms with Crippen LogP contribution in [0.1, 0.15) is 23.4 Å². The van der Waals surface area contributed by atoms with Crippen molar-refractivity contribution in [1.29, 1.82) is 0 Å². The second-order valence-electron chi connectivity index (χ2n) is 4.00. The van der Waals surface area contributed by atoms with Crippen molar-refractivity contribution in [3.05, 3.63) is 40.3 Å². The molecule has 1 unspecified atom stereocenters. The second kappa shape index (κ2) is 5.84. The van der Waals surface area contributed by atoms with E-state index < -0.39 is 0 Å². The Morgan fingerprint density at radius 2 is 2.33 bits per heavy atom. The van der Waals surface area contributed by atoms with Crippen molar-refractivity contribution in [3.63, 3.8) is 0 Å². The van der Waals surface area contributed by atoms with Gasteiger partial charge in [-0.25, -0.2) is 0 Å². The molecule has 1 aromatic carbocycles. The van der Waals surface area contributed by atoms with Crippen molar-refractivity contribution < 1.29 is 9.84 Å². The lowest BCUT2D eigenvalue weighted by atomic mass is 10.1. The van der Waals surface area contributed by atoms with Crippen molar-refractivity contribution in [3.8, 4) is 11.5 Å². The number of ether oxygens (including phenoxy) is 1. The third-order valence-corrected chi connectivity index (χ3v) is 3.55. The number of rotatable bonds is 5. The summed E-state index contributed by atoms with van der Waals surface area (Å²) in [7, 11) is 1.62. The van der Waals surface area contributed by atoms with Crippen molar-refractivity contribution in [2.75, 3.05) is 7.11 Å². The van der Waals surface area contributed by atoms with E-state index in [4.69, 9.17) is 4.74 Å². The number of aromatic nitrogens is 1. The van der Waals surface area contributed by atoms with Crippen molar-refractivity contribution in [2.45, 2.75) is 19.5 Å². The molecule has 0 saturated heterocycles. The fourth-order valence-corrected chi connectivity index (χ4v) is 2.24. The first kappa shape index (κ1) is 12.9. The van der Waals surface area contributed by atoms with Crippen LogP contribution in [0.15, 0.2) is 29.9 Å². The second-order valence-corrected chi connectivity index (χ2v) is 4.97. The summed E-state index contributed by atoms with van der Waals surface area (Å²) in [6, 6.07) is 5.29. The highest BCUT2D eigenvalue weighted by atomic mass is 32.1. The van der Waals surface area contributed by atoms with Gasteiger partial charge in [0, 0.05) is 29.2 Å². The fraction of sp³-hybridized carbons (Fsp3) is 0.308. The number of phenolic OH excluding ortho intramolecular Hbond substituents is 1. The molecule has 0 radical (unpaired) electrons. The van der Waals surface area contributed by atoms with E-state index in [9.17, 15) is 5.11 Å². The molecule has 0 aliphatic rings. The Hall–Kier alpha value is -1.59. The van der Waals surface area contributed by atoms with Crippen LogP contribution in [-0.4, -0.2) is 17.2 Å². The van der Waals surface area contributed by atoms with Crippen LogP contribution in [0.25, 0.3) is 0 Å². The van der Waals surface area contributed by atoms with E-state index in [0.29, 0.717) is 0 Å². The summed E-state index contributed by atoms with van der Waals surface area (Å²) in [6.45, 7) is 2.75. The molecule has 0 aliphatic carbocycles. The molecule has 0 amide bonds. The number of phenols is 1. The van der Waals surface area contributed by atoms with Crippen LogP contribution in [0, 0.1) is 0 Å². The lowest BCUT2D eigenvalue weighted by Crippen LogP contribution is -2.17. The molecule has 1 atom stereocenters. The fourth-order valence-electron chi connectivity index (χ4n) is 1.70. The highest BCUT2D eigenvalue weighted by Crippen LogP contribution is 2.28. The van der Waals surface area contributed by atoms with Crippen LogP contribution in [-0.2, 0) is 6.54 Å². The highest BCUT2D eigenvalue weighted by Gasteiger charge is 2.11. The maximum absolute atomic E-state index is 9.85. The zero-order valence-corrected chi connectivity index (χ0v) is 11.2. The van der Waals surface area contributed by atoms with E-state index in [-0.39, 0.29) is 11.8 Å². The summed E-state index contributed by atoms with van der Waals surface area (Å²) in [4.78, 5) is 5.20. The Balaban J connectivity index is 2.05. The number of nitrogens with zero attached hydrogens (tertiary/aromatic N) is 1. The van der Waals surface area contributed by atoms with Crippen LogP contribution in [0.4, 0.5) is 0 Å². The summed E-state index contributed by atoms with van der Waals surface area (Å²) in [6.07, 6.45) is 1.84. The summed E-state index contributed by atoms with van der Waals surface area (Å²) in [5.74, 6) is 1.02. The highest BCUT2D eigenvalue weighted by molar-refractivity contribution is 7.09. The quantitative estimate of drug-likeness (QED) is 0.872. The van der Waals surface area contributed by atoms with E-state index in [1.807, 2.05) is 24.7 Å². The Morgan fingerprint density at radius 1 is 1.50 bits per heavy atom. The Labute approximate surface area is 110 Å². The standard InChI is InChI=1S/C13H16N2O2S/c1-9(15-7-11-6-14-8-18-11)12-5-10(17-2)3-4-13(12)16/h3-6,8-9,15-16H,7H2,1-2H3. The SMILES string of the molecule is COc1ccc(O)c(C(C)NCc2cncs2)c1. The molecule has 2 rings (SSSR count). The van der Waals surface area contributed by atoms with Crippen molar-refractivity contribution >= 4 is 11.3 Å². The molecule has 4 nitrogen and oxygen atoms in total. The molecule has 5 heteroatoms. The molecule has 2 N–H and O–H groups in total. The predicted molar refractivity (Wildman–Crippen MR) is 72.0 cm³/mol. The van der Waals surface area contributed by atoms with E-state index >= 15 is 0 Å². The summed E-state index contributed by atoms with van der Waals surface area (Å²) < 4.78 is 5.16. The van der Waals surface area contributed by atoms with E-state index in [1.54, 1.807) is 30.6 Å². The van der Waals surface area contributed by atoms with Gasteiger partial charge in [0.05, 0.1) is 12.6 Å². The Bertz CT molecular complexity index is 500. The van der Waals surface area contributed by atoms with Gasteiger partial charge in [-0.3, -0.25) is 4.98 Å². The van der Waals surface area contributed by atoms with Crippen LogP contribution in [0.5, 0.6) is 11.5 Å². The average molecular weight is 264 g/mol. The van der Waals surface area contributed by atoms with Gasteiger partial charge in [-0.2, -0.15) is 0 Å². The van der Waals surface area contributed by atoms with E-state index in [0.717, 1.165) is 17.9 Å². The molecule has 1 aromatic heterocycles. The van der Waals surface area contributed by atoms with Gasteiger partial charge in [0.1, 0.15) is 11.5 Å². The molecule has 0 saturated carbocycles. The summed E-state index contributed by atoms with van der Waals surface area (Å²) in [5, 5.41) is 13.2. The first-order valence-electron chi connectivity index (χ1n) is 5.68. The van der Waals surface area contributed by atoms with Gasteiger partial charge in [-0.05, 0) is 25.1 Å². The van der Waals surface area contributed by atoms with Gasteiger partial charge >= 0.3 is 0 Å². The maximum Gasteiger partial charge on any atom is 0.120 e. The topological polar surface area (TPSA) is 54.4 Å². The van der Waals surface area contributed by atoms with Crippen molar-refractivity contribution in [1.82, 2.24) is 10.3 Å². The first-order chi connectivity index (χ1) is 8.70. The van der Waals surface area contributed by atoms with Crippen LogP contribution >= 0.6 is 11.3 Å². The van der Waals surface area contributed by atoms with Gasteiger partial charge < -0.3 is 15.2 Å². The molecule has 18 heavy (non-hydrogen) atoms. The molecule has 2 aromatic rings. The largest absolute Gasteiger partial charge is 0.508 e. The lowest BCUT2D eigenvalue weighted by molar-refractivity contribution is 0.407. The number of hydrogen-bond donors (Lipinski definition) is 2. The van der Waals surface area contributed by atoms with E-state index in [1.165, 1.54) is 4.88 Å². The van der Waals surface area contributed by atoms with Gasteiger partial charge in [-0.15, -0.1) is 11.3 Å². The molecular formula is C13H16N2O2S. The third-order valence-electron chi connectivity index (χ3n) is 2.77. The maximum atomic E-state index is 9.85. The molecular weight excluding hydrogens is 248 g/mol. The van der Waals surface area contributed by atoms with Crippen LogP contribution in [0.3, 0.4) is 0 Å². The zero-order chi connectivity index (χ0) is 13.0. The summed E-state index contributed by atoms with van der Waals surface area (Å²) >= 11 is 1.61. The smallest absolute Gasteiger partial charge is 0.120 e. The number of benzene rings is 1. The van der Waals surface area contributed by atoms with Crippen LogP contribution in [0.2, 0.25) is 0 Å². The van der Waals surface area contributed by atoms with E-state index in [2.05, 4.69) is 10.3 Å². The molecule has 0 aliphatic heterocycles. The Kier molecular flexibility index (Phi) is 4.17. The number of methoxy groups -OCH3 is 1. The minimum Gasteiger partial charge on any atom is -0.508 e. The average Bonchev–Trinajstić information content (AvgIpc) is 2.89. The number of nitrogens with one attached hydrogen (secondary N) is 1. The lowest BCUT2D eigenvalue weighted by Gasteiger charge is -2.16. The zero-order valence-electron chi connectivity index (χ0n) is 10.4. The number of hydrogen-bond acceptors (Lipinski definition) is 5. The van der Waals surface area contributed by atoms with Gasteiger partial charge in [0.15, 0.2) is 0 Å². The van der Waals surface area contributed by atoms with Crippen LogP contribution < -0.4 is 10.1 Å². The molecule has 0 spiro atoms. The first-order valence-corrected chi connectivity index (χ1v) is 6.56. The molecule has 96 valence electrons. The number of thiazole rings is 1. The third kappa shape index (κ3) is 3.00.